The van der Waals surface area contributed by atoms with E-state index in [2.05, 4.69) is 15.3 Å². The second-order valence-electron chi connectivity index (χ2n) is 6.48. The lowest BCUT2D eigenvalue weighted by Gasteiger charge is -2.18. The summed E-state index contributed by atoms with van der Waals surface area (Å²) in [4.78, 5) is 32.3. The maximum atomic E-state index is 12.6. The van der Waals surface area contributed by atoms with E-state index in [1.807, 2.05) is 0 Å². The number of fused-ring (bicyclic) bond motifs is 1. The highest BCUT2D eigenvalue weighted by Gasteiger charge is 2.31. The number of para-hydroxylation sites is 2. The van der Waals surface area contributed by atoms with Crippen LogP contribution in [0.15, 0.2) is 54.7 Å². The van der Waals surface area contributed by atoms with Crippen molar-refractivity contribution >= 4 is 22.9 Å². The fraction of sp³-hybridized carbons (Fsp3) is 0.200. The molecule has 0 saturated heterocycles. The van der Waals surface area contributed by atoms with Crippen molar-refractivity contribution in [2.75, 3.05) is 0 Å². The number of alkyl halides is 3. The standard InChI is InChI=1S/C20H16F3N3O4/c21-20(22,23)12-7-5-11(6-8-12)17(27)18(28)26-16(19(29)30)9-13-10-24-14-3-1-2-4-15(14)25-13/h1-8,10,16-17,27H,9H2,(H,26,28)(H,29,30)/t16-,17+/m1/s1. The van der Waals surface area contributed by atoms with Gasteiger partial charge in [0.05, 0.1) is 22.3 Å². The Balaban J connectivity index is 1.72. The third-order valence-corrected chi connectivity index (χ3v) is 4.33. The van der Waals surface area contributed by atoms with Gasteiger partial charge < -0.3 is 15.5 Å². The molecule has 0 spiro atoms. The van der Waals surface area contributed by atoms with Crippen molar-refractivity contribution in [2.45, 2.75) is 24.7 Å². The van der Waals surface area contributed by atoms with E-state index in [-0.39, 0.29) is 12.0 Å². The molecule has 0 aliphatic heterocycles. The van der Waals surface area contributed by atoms with Crippen LogP contribution in [0.5, 0.6) is 0 Å². The number of nitrogens with one attached hydrogen (secondary N) is 1. The van der Waals surface area contributed by atoms with Gasteiger partial charge in [-0.1, -0.05) is 24.3 Å². The molecule has 2 aromatic carbocycles. The Morgan fingerprint density at radius 2 is 1.67 bits per heavy atom. The Bertz CT molecular complexity index is 1070. The molecule has 0 bridgehead atoms. The normalized spacial score (nSPS) is 13.6. The molecule has 10 heteroatoms. The molecule has 3 aromatic rings. The van der Waals surface area contributed by atoms with E-state index in [4.69, 9.17) is 0 Å². The van der Waals surface area contributed by atoms with E-state index in [1.165, 1.54) is 6.20 Å². The Morgan fingerprint density at radius 1 is 1.03 bits per heavy atom. The van der Waals surface area contributed by atoms with E-state index >= 15 is 0 Å². The minimum Gasteiger partial charge on any atom is -0.480 e. The van der Waals surface area contributed by atoms with E-state index in [9.17, 15) is 33.0 Å². The van der Waals surface area contributed by atoms with Crippen LogP contribution in [0.4, 0.5) is 13.2 Å². The molecule has 0 saturated carbocycles. The molecule has 3 N–H and O–H groups in total. The zero-order valence-corrected chi connectivity index (χ0v) is 15.3. The molecule has 2 atom stereocenters. The number of aliphatic hydroxyl groups is 1. The molecule has 0 radical (unpaired) electrons. The quantitative estimate of drug-likeness (QED) is 0.566. The number of aliphatic carboxylic acids is 1. The highest BCUT2D eigenvalue weighted by atomic mass is 19.4. The third kappa shape index (κ3) is 4.90. The van der Waals surface area contributed by atoms with Crippen LogP contribution >= 0.6 is 0 Å². The largest absolute Gasteiger partial charge is 0.480 e. The van der Waals surface area contributed by atoms with Crippen LogP contribution in [0.3, 0.4) is 0 Å². The summed E-state index contributed by atoms with van der Waals surface area (Å²) in [6, 6.07) is 8.91. The summed E-state index contributed by atoms with van der Waals surface area (Å²) in [7, 11) is 0. The van der Waals surface area contributed by atoms with Crippen LogP contribution in [0.2, 0.25) is 0 Å². The smallest absolute Gasteiger partial charge is 0.416 e. The van der Waals surface area contributed by atoms with Crippen LogP contribution in [0.1, 0.15) is 22.9 Å². The molecule has 3 rings (SSSR count). The number of nitrogens with zero attached hydrogens (tertiary/aromatic N) is 2. The van der Waals surface area contributed by atoms with Crippen LogP contribution in [0, 0.1) is 0 Å². The first kappa shape index (κ1) is 21.2. The number of hydrogen-bond acceptors (Lipinski definition) is 5. The van der Waals surface area contributed by atoms with Gasteiger partial charge >= 0.3 is 12.1 Å². The minimum absolute atomic E-state index is 0.102. The number of hydrogen-bond donors (Lipinski definition) is 3. The fourth-order valence-electron chi connectivity index (χ4n) is 2.76. The molecule has 1 amide bonds. The van der Waals surface area contributed by atoms with Gasteiger partial charge in [0.2, 0.25) is 0 Å². The van der Waals surface area contributed by atoms with E-state index < -0.39 is 35.8 Å². The molecule has 0 aliphatic rings. The molecule has 0 unspecified atom stereocenters. The maximum Gasteiger partial charge on any atom is 0.416 e. The molecular formula is C20H16F3N3O4. The monoisotopic (exact) mass is 419 g/mol. The summed E-state index contributed by atoms with van der Waals surface area (Å²) in [5, 5.41) is 21.7. The first-order valence-electron chi connectivity index (χ1n) is 8.74. The van der Waals surface area contributed by atoms with Crippen molar-refractivity contribution in [2.24, 2.45) is 0 Å². The van der Waals surface area contributed by atoms with Crippen molar-refractivity contribution in [3.63, 3.8) is 0 Å². The van der Waals surface area contributed by atoms with Gasteiger partial charge in [-0.25, -0.2) is 9.78 Å². The zero-order chi connectivity index (χ0) is 21.9. The second-order valence-corrected chi connectivity index (χ2v) is 6.48. The Hall–Kier alpha value is -3.53. The predicted molar refractivity (Wildman–Crippen MR) is 99.2 cm³/mol. The van der Waals surface area contributed by atoms with Gasteiger partial charge in [-0.05, 0) is 29.8 Å². The van der Waals surface area contributed by atoms with Gasteiger partial charge in [0.15, 0.2) is 6.10 Å². The van der Waals surface area contributed by atoms with Crippen LogP contribution < -0.4 is 5.32 Å². The Kier molecular flexibility index (Phi) is 5.97. The number of rotatable bonds is 6. The third-order valence-electron chi connectivity index (χ3n) is 4.33. The summed E-state index contributed by atoms with van der Waals surface area (Å²) in [6.45, 7) is 0. The van der Waals surface area contributed by atoms with Gasteiger partial charge in [0.1, 0.15) is 6.04 Å². The van der Waals surface area contributed by atoms with Gasteiger partial charge in [-0.3, -0.25) is 9.78 Å². The Morgan fingerprint density at radius 3 is 2.27 bits per heavy atom. The summed E-state index contributed by atoms with van der Waals surface area (Å²) in [5.41, 5.74) is 0.447. The van der Waals surface area contributed by atoms with Gasteiger partial charge in [-0.15, -0.1) is 0 Å². The number of carbonyl (C=O) groups excluding carboxylic acids is 1. The minimum atomic E-state index is -4.55. The molecular weight excluding hydrogens is 403 g/mol. The average molecular weight is 419 g/mol. The predicted octanol–water partition coefficient (Wildman–Crippen LogP) is 2.49. The van der Waals surface area contributed by atoms with Gasteiger partial charge in [-0.2, -0.15) is 13.2 Å². The van der Waals surface area contributed by atoms with Gasteiger partial charge in [0, 0.05) is 12.6 Å². The number of aromatic nitrogens is 2. The number of aliphatic hydroxyl groups excluding tert-OH is 1. The van der Waals surface area contributed by atoms with Crippen molar-refractivity contribution < 1.29 is 33.0 Å². The van der Waals surface area contributed by atoms with Crippen LogP contribution in [-0.4, -0.2) is 38.1 Å². The number of halogens is 3. The zero-order valence-electron chi connectivity index (χ0n) is 15.3. The maximum absolute atomic E-state index is 12.6. The molecule has 1 heterocycles. The molecule has 156 valence electrons. The average Bonchev–Trinajstić information content (AvgIpc) is 2.72. The number of benzene rings is 2. The van der Waals surface area contributed by atoms with Crippen LogP contribution in [-0.2, 0) is 22.2 Å². The summed E-state index contributed by atoms with van der Waals surface area (Å²) in [6.07, 6.45) is -5.20. The molecule has 1 aromatic heterocycles. The highest BCUT2D eigenvalue weighted by Crippen LogP contribution is 2.30. The second kappa shape index (κ2) is 8.46. The summed E-state index contributed by atoms with van der Waals surface area (Å²) < 4.78 is 37.9. The fourth-order valence-corrected chi connectivity index (χ4v) is 2.76. The molecule has 7 nitrogen and oxygen atoms in total. The van der Waals surface area contributed by atoms with Gasteiger partial charge in [0.25, 0.3) is 5.91 Å². The number of carboxylic acid groups (broad SMARTS) is 1. The lowest BCUT2D eigenvalue weighted by molar-refractivity contribution is -0.143. The SMILES string of the molecule is O=C(N[C@H](Cc1cnc2ccccc2n1)C(=O)O)[C@@H](O)c1ccc(C(F)(F)F)cc1. The van der Waals surface area contributed by atoms with E-state index in [0.29, 0.717) is 16.7 Å². The molecule has 0 fully saturated rings. The van der Waals surface area contributed by atoms with Crippen molar-refractivity contribution in [1.82, 2.24) is 15.3 Å². The lowest BCUT2D eigenvalue weighted by atomic mass is 10.1. The van der Waals surface area contributed by atoms with Crippen molar-refractivity contribution in [3.8, 4) is 0 Å². The highest BCUT2D eigenvalue weighted by molar-refractivity contribution is 5.87. The van der Waals surface area contributed by atoms with Crippen molar-refractivity contribution in [1.29, 1.82) is 0 Å². The number of amides is 1. The molecule has 30 heavy (non-hydrogen) atoms. The topological polar surface area (TPSA) is 112 Å². The number of carbonyl (C=O) groups is 2. The van der Waals surface area contributed by atoms with Crippen molar-refractivity contribution in [3.05, 3.63) is 71.5 Å². The van der Waals surface area contributed by atoms with Crippen LogP contribution in [0.25, 0.3) is 11.0 Å². The van der Waals surface area contributed by atoms with E-state index in [0.717, 1.165) is 24.3 Å². The molecule has 0 aliphatic carbocycles. The number of carboxylic acids is 1. The van der Waals surface area contributed by atoms with E-state index in [1.54, 1.807) is 24.3 Å². The Labute approximate surface area is 168 Å². The summed E-state index contributed by atoms with van der Waals surface area (Å²) >= 11 is 0. The summed E-state index contributed by atoms with van der Waals surface area (Å²) in [5.74, 6) is -2.42. The lowest BCUT2D eigenvalue weighted by Crippen LogP contribution is -2.44. The first-order valence-corrected chi connectivity index (χ1v) is 8.74. The first-order chi connectivity index (χ1) is 14.1.